The maximum absolute atomic E-state index is 11.7. The molecule has 2 aliphatic rings. The van der Waals surface area contributed by atoms with Gasteiger partial charge in [-0.15, -0.1) is 0 Å². The van der Waals surface area contributed by atoms with E-state index < -0.39 is 10.0 Å². The van der Waals surface area contributed by atoms with Gasteiger partial charge in [0.05, 0.1) is 6.26 Å². The van der Waals surface area contributed by atoms with Gasteiger partial charge in [0.2, 0.25) is 10.0 Å². The zero-order valence-electron chi connectivity index (χ0n) is 19.0. The van der Waals surface area contributed by atoms with E-state index >= 15 is 0 Å². The Morgan fingerprint density at radius 2 is 1.91 bits per heavy atom. The third-order valence-corrected chi connectivity index (χ3v) is 7.88. The smallest absolute Gasteiger partial charge is 0.211 e. The molecule has 0 spiro atoms. The number of benzene rings is 1. The number of hydrogen-bond acceptors (Lipinski definition) is 7. The van der Waals surface area contributed by atoms with Gasteiger partial charge < -0.3 is 14.8 Å². The minimum absolute atomic E-state index is 0.251. The summed E-state index contributed by atoms with van der Waals surface area (Å²) >= 11 is 0. The number of para-hydroxylation sites is 1. The lowest BCUT2D eigenvalue weighted by Crippen LogP contribution is -2.37. The molecule has 32 heavy (non-hydrogen) atoms. The van der Waals surface area contributed by atoms with Crippen molar-refractivity contribution >= 4 is 15.8 Å². The number of hydrogen-bond donors (Lipinski definition) is 1. The van der Waals surface area contributed by atoms with E-state index in [0.29, 0.717) is 32.2 Å². The van der Waals surface area contributed by atoms with Crippen LogP contribution in [0.1, 0.15) is 49.8 Å². The summed E-state index contributed by atoms with van der Waals surface area (Å²) in [5, 5.41) is 3.46. The van der Waals surface area contributed by atoms with Crippen LogP contribution in [0.5, 0.6) is 11.5 Å². The van der Waals surface area contributed by atoms with Crippen LogP contribution in [0.2, 0.25) is 0 Å². The Morgan fingerprint density at radius 1 is 1.16 bits per heavy atom. The number of piperidine rings is 1. The van der Waals surface area contributed by atoms with Gasteiger partial charge in [0, 0.05) is 42.9 Å². The molecule has 0 aliphatic carbocycles. The lowest BCUT2D eigenvalue weighted by Gasteiger charge is -2.30. The van der Waals surface area contributed by atoms with E-state index in [4.69, 9.17) is 9.47 Å². The second-order valence-corrected chi connectivity index (χ2v) is 10.8. The molecular weight excluding hydrogens is 428 g/mol. The van der Waals surface area contributed by atoms with E-state index in [-0.39, 0.29) is 11.8 Å². The largest absolute Gasteiger partial charge is 0.486 e. The summed E-state index contributed by atoms with van der Waals surface area (Å²) in [5.74, 6) is 3.35. The van der Waals surface area contributed by atoms with Gasteiger partial charge in [-0.2, -0.15) is 0 Å². The van der Waals surface area contributed by atoms with Crippen LogP contribution in [-0.4, -0.2) is 61.8 Å². The molecule has 1 aromatic carbocycles. The monoisotopic (exact) mass is 460 g/mol. The summed E-state index contributed by atoms with van der Waals surface area (Å²) < 4.78 is 36.7. The number of ether oxygens (including phenoxy) is 2. The number of nitrogens with zero attached hydrogens (tertiary/aromatic N) is 3. The van der Waals surface area contributed by atoms with Crippen molar-refractivity contribution in [2.24, 2.45) is 5.92 Å². The fourth-order valence-corrected chi connectivity index (χ4v) is 5.25. The van der Waals surface area contributed by atoms with Crippen molar-refractivity contribution in [2.45, 2.75) is 38.5 Å². The summed E-state index contributed by atoms with van der Waals surface area (Å²) in [6.45, 7) is 7.43. The summed E-state index contributed by atoms with van der Waals surface area (Å²) in [4.78, 5) is 8.85. The SMILES string of the molecule is CC(c1cccc2c1OCCO2)[C@H](C)CNc1cc(C2CCN(S(C)(=O)=O)CC2)ncn1. The number of aromatic nitrogens is 2. The second-order valence-electron chi connectivity index (χ2n) is 8.78. The van der Waals surface area contributed by atoms with Crippen molar-refractivity contribution in [3.63, 3.8) is 0 Å². The molecule has 4 rings (SSSR count). The number of rotatable bonds is 7. The summed E-state index contributed by atoms with van der Waals surface area (Å²) in [7, 11) is -3.12. The fourth-order valence-electron chi connectivity index (χ4n) is 4.38. The molecular formula is C23H32N4O4S. The maximum atomic E-state index is 11.7. The molecule has 1 N–H and O–H groups in total. The highest BCUT2D eigenvalue weighted by Gasteiger charge is 2.27. The quantitative estimate of drug-likeness (QED) is 0.678. The van der Waals surface area contributed by atoms with Gasteiger partial charge in [-0.05, 0) is 30.7 Å². The van der Waals surface area contributed by atoms with Crippen molar-refractivity contribution in [3.05, 3.63) is 41.9 Å². The molecule has 0 bridgehead atoms. The van der Waals surface area contributed by atoms with Crippen LogP contribution in [0.4, 0.5) is 5.82 Å². The maximum Gasteiger partial charge on any atom is 0.211 e. The van der Waals surface area contributed by atoms with Crippen molar-refractivity contribution < 1.29 is 17.9 Å². The Balaban J connectivity index is 1.36. The van der Waals surface area contributed by atoms with Gasteiger partial charge in [-0.3, -0.25) is 0 Å². The first kappa shape index (κ1) is 22.8. The van der Waals surface area contributed by atoms with Crippen LogP contribution in [0.25, 0.3) is 0 Å². The average Bonchev–Trinajstić information content (AvgIpc) is 2.81. The van der Waals surface area contributed by atoms with Crippen molar-refractivity contribution in [2.75, 3.05) is 44.4 Å². The standard InChI is InChI=1S/C23H32N4O4S/c1-16(17(2)19-5-4-6-21-23(19)31-12-11-30-21)14-24-22-13-20(25-15-26-22)18-7-9-27(10-8-18)32(3,28)29/h4-6,13,15-18H,7-12,14H2,1-3H3,(H,24,25,26)/t16-,17?/m1/s1. The Kier molecular flexibility index (Phi) is 6.85. The first-order chi connectivity index (χ1) is 15.3. The molecule has 3 heterocycles. The van der Waals surface area contributed by atoms with Gasteiger partial charge >= 0.3 is 0 Å². The third kappa shape index (κ3) is 5.15. The van der Waals surface area contributed by atoms with Gasteiger partial charge in [-0.1, -0.05) is 26.0 Å². The summed E-state index contributed by atoms with van der Waals surface area (Å²) in [6, 6.07) is 8.08. The Morgan fingerprint density at radius 3 is 2.66 bits per heavy atom. The summed E-state index contributed by atoms with van der Waals surface area (Å²) in [6.07, 6.45) is 4.41. The van der Waals surface area contributed by atoms with Gasteiger partial charge in [0.1, 0.15) is 25.4 Å². The Labute approximate surface area is 190 Å². The van der Waals surface area contributed by atoms with E-state index in [9.17, 15) is 8.42 Å². The average molecular weight is 461 g/mol. The molecule has 174 valence electrons. The topological polar surface area (TPSA) is 93.7 Å². The van der Waals surface area contributed by atoms with Crippen LogP contribution in [0.3, 0.4) is 0 Å². The van der Waals surface area contributed by atoms with Crippen LogP contribution >= 0.6 is 0 Å². The van der Waals surface area contributed by atoms with Crippen molar-refractivity contribution in [1.82, 2.24) is 14.3 Å². The lowest BCUT2D eigenvalue weighted by atomic mass is 9.88. The molecule has 1 aromatic heterocycles. The van der Waals surface area contributed by atoms with Gasteiger partial charge in [0.15, 0.2) is 11.5 Å². The Hall–Kier alpha value is -2.39. The van der Waals surface area contributed by atoms with Gasteiger partial charge in [0.25, 0.3) is 0 Å². The van der Waals surface area contributed by atoms with E-state index in [1.54, 1.807) is 10.6 Å². The van der Waals surface area contributed by atoms with Crippen molar-refractivity contribution in [1.29, 1.82) is 0 Å². The van der Waals surface area contributed by atoms with Crippen LogP contribution in [0.15, 0.2) is 30.6 Å². The molecule has 2 atom stereocenters. The first-order valence-corrected chi connectivity index (χ1v) is 13.1. The van der Waals surface area contributed by atoms with E-state index in [1.807, 2.05) is 18.2 Å². The minimum Gasteiger partial charge on any atom is -0.486 e. The molecule has 2 aromatic rings. The number of anilines is 1. The molecule has 1 saturated heterocycles. The zero-order chi connectivity index (χ0) is 22.7. The van der Waals surface area contributed by atoms with E-state index in [1.165, 1.54) is 6.26 Å². The number of fused-ring (bicyclic) bond motifs is 1. The lowest BCUT2D eigenvalue weighted by molar-refractivity contribution is 0.168. The fraction of sp³-hybridized carbons (Fsp3) is 0.565. The normalized spacial score (nSPS) is 19.3. The van der Waals surface area contributed by atoms with Gasteiger partial charge in [-0.25, -0.2) is 22.7 Å². The van der Waals surface area contributed by atoms with Crippen LogP contribution < -0.4 is 14.8 Å². The second kappa shape index (κ2) is 9.62. The zero-order valence-corrected chi connectivity index (χ0v) is 19.8. The van der Waals surface area contributed by atoms with E-state index in [2.05, 4.69) is 35.2 Å². The molecule has 1 unspecified atom stereocenters. The Bertz CT molecular complexity index is 1040. The molecule has 1 fully saturated rings. The van der Waals surface area contributed by atoms with E-state index in [0.717, 1.165) is 48.0 Å². The third-order valence-electron chi connectivity index (χ3n) is 6.58. The minimum atomic E-state index is -3.12. The predicted molar refractivity (Wildman–Crippen MR) is 124 cm³/mol. The highest BCUT2D eigenvalue weighted by molar-refractivity contribution is 7.88. The number of nitrogens with one attached hydrogen (secondary N) is 1. The predicted octanol–water partition coefficient (Wildman–Crippen LogP) is 3.24. The molecule has 8 nitrogen and oxygen atoms in total. The van der Waals surface area contributed by atoms with Crippen LogP contribution in [-0.2, 0) is 10.0 Å². The van der Waals surface area contributed by atoms with Crippen LogP contribution in [0, 0.1) is 5.92 Å². The van der Waals surface area contributed by atoms with Crippen molar-refractivity contribution in [3.8, 4) is 11.5 Å². The highest BCUT2D eigenvalue weighted by Crippen LogP contribution is 2.40. The molecule has 0 amide bonds. The molecule has 2 aliphatic heterocycles. The molecule has 0 radical (unpaired) electrons. The first-order valence-electron chi connectivity index (χ1n) is 11.2. The number of sulfonamides is 1. The molecule has 0 saturated carbocycles. The summed E-state index contributed by atoms with van der Waals surface area (Å²) in [5.41, 5.74) is 2.14. The molecule has 9 heteroatoms. The highest BCUT2D eigenvalue weighted by atomic mass is 32.2.